The fourth-order valence-electron chi connectivity index (χ4n) is 1.84. The molecule has 6 nitrogen and oxygen atoms in total. The van der Waals surface area contributed by atoms with Gasteiger partial charge in [0.1, 0.15) is 0 Å². The summed E-state index contributed by atoms with van der Waals surface area (Å²) in [5, 5.41) is 10.2. The Morgan fingerprint density at radius 2 is 2.25 bits per heavy atom. The van der Waals surface area contributed by atoms with E-state index in [2.05, 4.69) is 25.5 Å². The molecular formula is C14H21N5O. The minimum Gasteiger partial charge on any atom is -0.475 e. The third kappa shape index (κ3) is 4.22. The number of anilines is 1. The maximum absolute atomic E-state index is 5.53. The highest BCUT2D eigenvalue weighted by Crippen LogP contribution is 2.11. The first-order valence-corrected chi connectivity index (χ1v) is 6.87. The van der Waals surface area contributed by atoms with E-state index in [0.717, 1.165) is 25.1 Å². The lowest BCUT2D eigenvalue weighted by Crippen LogP contribution is -2.10. The van der Waals surface area contributed by atoms with Gasteiger partial charge in [-0.15, -0.1) is 0 Å². The summed E-state index contributed by atoms with van der Waals surface area (Å²) < 4.78 is 5.53. The molecule has 0 spiro atoms. The Morgan fingerprint density at radius 3 is 2.95 bits per heavy atom. The molecule has 0 bridgehead atoms. The van der Waals surface area contributed by atoms with Gasteiger partial charge in [0.2, 0.25) is 11.8 Å². The number of aryl methyl sites for hydroxylation is 2. The van der Waals surface area contributed by atoms with Gasteiger partial charge in [0.05, 0.1) is 12.3 Å². The van der Waals surface area contributed by atoms with Gasteiger partial charge in [0.15, 0.2) is 0 Å². The van der Waals surface area contributed by atoms with Gasteiger partial charge in [-0.3, -0.25) is 5.10 Å². The summed E-state index contributed by atoms with van der Waals surface area (Å²) in [7, 11) is 0. The standard InChI is InChI=1S/C14H21N5O/c1-10(2)20-13-6-8-16-14(18-13)15-7-4-5-12-9-17-19-11(12)3/h6,8-10H,4-5,7H2,1-3H3,(H,17,19)(H,15,16,18). The SMILES string of the molecule is Cc1[nH]ncc1CCCNc1nccc(OC(C)C)n1. The Bertz CT molecular complexity index is 538. The molecule has 0 radical (unpaired) electrons. The maximum Gasteiger partial charge on any atom is 0.225 e. The highest BCUT2D eigenvalue weighted by molar-refractivity contribution is 5.27. The second-order valence-electron chi connectivity index (χ2n) is 4.94. The molecule has 2 rings (SSSR count). The Balaban J connectivity index is 1.78. The van der Waals surface area contributed by atoms with Gasteiger partial charge in [0.25, 0.3) is 0 Å². The van der Waals surface area contributed by atoms with Gasteiger partial charge in [-0.05, 0) is 39.2 Å². The number of aromatic amines is 1. The number of nitrogens with one attached hydrogen (secondary N) is 2. The molecule has 0 fully saturated rings. The molecule has 2 heterocycles. The van der Waals surface area contributed by atoms with Crippen LogP contribution in [0.25, 0.3) is 0 Å². The highest BCUT2D eigenvalue weighted by atomic mass is 16.5. The Labute approximate surface area is 119 Å². The van der Waals surface area contributed by atoms with E-state index in [1.165, 1.54) is 5.56 Å². The van der Waals surface area contributed by atoms with Crippen molar-refractivity contribution >= 4 is 5.95 Å². The summed E-state index contributed by atoms with van der Waals surface area (Å²) in [6.07, 6.45) is 5.68. The minimum atomic E-state index is 0.113. The number of hydrogen-bond acceptors (Lipinski definition) is 5. The molecule has 2 N–H and O–H groups in total. The summed E-state index contributed by atoms with van der Waals surface area (Å²) in [6, 6.07) is 1.76. The number of nitrogens with zero attached hydrogens (tertiary/aromatic N) is 3. The zero-order chi connectivity index (χ0) is 14.4. The molecule has 20 heavy (non-hydrogen) atoms. The van der Waals surface area contributed by atoms with Crippen LogP contribution < -0.4 is 10.1 Å². The molecule has 2 aromatic heterocycles. The number of aromatic nitrogens is 4. The normalized spacial score (nSPS) is 10.8. The molecule has 0 aliphatic carbocycles. The summed E-state index contributed by atoms with van der Waals surface area (Å²) in [4.78, 5) is 8.48. The maximum atomic E-state index is 5.53. The van der Waals surface area contributed by atoms with E-state index in [4.69, 9.17) is 4.74 Å². The summed E-state index contributed by atoms with van der Waals surface area (Å²) in [5.74, 6) is 1.20. The van der Waals surface area contributed by atoms with E-state index in [0.29, 0.717) is 11.8 Å². The van der Waals surface area contributed by atoms with Crippen molar-refractivity contribution in [3.05, 3.63) is 29.7 Å². The molecule has 0 aromatic carbocycles. The fourth-order valence-corrected chi connectivity index (χ4v) is 1.84. The van der Waals surface area contributed by atoms with E-state index >= 15 is 0 Å². The van der Waals surface area contributed by atoms with Crippen LogP contribution in [0, 0.1) is 6.92 Å². The third-order valence-corrected chi connectivity index (χ3v) is 2.83. The first kappa shape index (κ1) is 14.3. The van der Waals surface area contributed by atoms with Crippen molar-refractivity contribution in [1.82, 2.24) is 20.2 Å². The van der Waals surface area contributed by atoms with Crippen LogP contribution in [0.15, 0.2) is 18.5 Å². The lowest BCUT2D eigenvalue weighted by Gasteiger charge is -2.10. The van der Waals surface area contributed by atoms with Gasteiger partial charge < -0.3 is 10.1 Å². The predicted octanol–water partition coefficient (Wildman–Crippen LogP) is 2.34. The molecule has 0 saturated carbocycles. The number of hydrogen-bond donors (Lipinski definition) is 2. The summed E-state index contributed by atoms with van der Waals surface area (Å²) >= 11 is 0. The second kappa shape index (κ2) is 6.88. The van der Waals surface area contributed by atoms with Crippen LogP contribution in [0.5, 0.6) is 5.88 Å². The van der Waals surface area contributed by atoms with Gasteiger partial charge in [-0.25, -0.2) is 4.98 Å². The van der Waals surface area contributed by atoms with Crippen LogP contribution in [0.3, 0.4) is 0 Å². The quantitative estimate of drug-likeness (QED) is 0.759. The van der Waals surface area contributed by atoms with Gasteiger partial charge in [-0.2, -0.15) is 10.1 Å². The van der Waals surface area contributed by atoms with Crippen molar-refractivity contribution in [2.75, 3.05) is 11.9 Å². The zero-order valence-electron chi connectivity index (χ0n) is 12.2. The lowest BCUT2D eigenvalue weighted by molar-refractivity contribution is 0.232. The van der Waals surface area contributed by atoms with Crippen molar-refractivity contribution in [1.29, 1.82) is 0 Å². The first-order valence-electron chi connectivity index (χ1n) is 6.87. The minimum absolute atomic E-state index is 0.113. The summed E-state index contributed by atoms with van der Waals surface area (Å²) in [5.41, 5.74) is 2.39. The van der Waals surface area contributed by atoms with Crippen molar-refractivity contribution in [3.8, 4) is 5.88 Å². The van der Waals surface area contributed by atoms with Crippen LogP contribution in [-0.2, 0) is 6.42 Å². The Kier molecular flexibility index (Phi) is 4.92. The molecule has 108 valence electrons. The van der Waals surface area contributed by atoms with Crippen LogP contribution in [0.1, 0.15) is 31.5 Å². The van der Waals surface area contributed by atoms with E-state index in [1.54, 1.807) is 12.3 Å². The van der Waals surface area contributed by atoms with Crippen LogP contribution >= 0.6 is 0 Å². The molecule has 6 heteroatoms. The second-order valence-corrected chi connectivity index (χ2v) is 4.94. The molecule has 0 amide bonds. The highest BCUT2D eigenvalue weighted by Gasteiger charge is 2.03. The largest absolute Gasteiger partial charge is 0.475 e. The first-order chi connectivity index (χ1) is 9.65. The third-order valence-electron chi connectivity index (χ3n) is 2.83. The zero-order valence-corrected chi connectivity index (χ0v) is 12.2. The molecule has 0 saturated heterocycles. The van der Waals surface area contributed by atoms with Crippen LogP contribution in [0.4, 0.5) is 5.95 Å². The van der Waals surface area contributed by atoms with E-state index in [1.807, 2.05) is 27.0 Å². The van der Waals surface area contributed by atoms with Gasteiger partial charge in [0, 0.05) is 24.5 Å². The molecule has 0 unspecified atom stereocenters. The monoisotopic (exact) mass is 275 g/mol. The Hall–Kier alpha value is -2.11. The van der Waals surface area contributed by atoms with Crippen molar-refractivity contribution in [2.45, 2.75) is 39.7 Å². The summed E-state index contributed by atoms with van der Waals surface area (Å²) in [6.45, 7) is 6.80. The smallest absolute Gasteiger partial charge is 0.225 e. The topological polar surface area (TPSA) is 75.7 Å². The van der Waals surface area contributed by atoms with E-state index in [9.17, 15) is 0 Å². The van der Waals surface area contributed by atoms with Gasteiger partial charge in [-0.1, -0.05) is 0 Å². The number of ether oxygens (including phenoxy) is 1. The molecule has 0 aliphatic rings. The predicted molar refractivity (Wildman–Crippen MR) is 77.9 cm³/mol. The fraction of sp³-hybridized carbons (Fsp3) is 0.500. The number of H-pyrrole nitrogens is 1. The average Bonchev–Trinajstić information content (AvgIpc) is 2.80. The van der Waals surface area contributed by atoms with E-state index < -0.39 is 0 Å². The lowest BCUT2D eigenvalue weighted by atomic mass is 10.1. The van der Waals surface area contributed by atoms with Crippen molar-refractivity contribution in [2.24, 2.45) is 0 Å². The van der Waals surface area contributed by atoms with Crippen LogP contribution in [0.2, 0.25) is 0 Å². The molecule has 0 aliphatic heterocycles. The van der Waals surface area contributed by atoms with Crippen LogP contribution in [-0.4, -0.2) is 32.8 Å². The molecule has 2 aromatic rings. The molecule has 0 atom stereocenters. The van der Waals surface area contributed by atoms with Crippen molar-refractivity contribution < 1.29 is 4.74 Å². The number of rotatable bonds is 7. The Morgan fingerprint density at radius 1 is 1.40 bits per heavy atom. The van der Waals surface area contributed by atoms with E-state index in [-0.39, 0.29) is 6.10 Å². The van der Waals surface area contributed by atoms with Crippen molar-refractivity contribution in [3.63, 3.8) is 0 Å². The average molecular weight is 275 g/mol. The van der Waals surface area contributed by atoms with Gasteiger partial charge >= 0.3 is 0 Å². The molecular weight excluding hydrogens is 254 g/mol.